The van der Waals surface area contributed by atoms with Crippen molar-refractivity contribution in [1.82, 2.24) is 10.2 Å². The van der Waals surface area contributed by atoms with E-state index in [-0.39, 0.29) is 0 Å². The Bertz CT molecular complexity index is 228. The van der Waals surface area contributed by atoms with E-state index in [2.05, 4.69) is 31.0 Å². The summed E-state index contributed by atoms with van der Waals surface area (Å²) in [6, 6.07) is 1.30. The average Bonchev–Trinajstić information content (AvgIpc) is 3.11. The number of ether oxygens (including phenoxy) is 1. The Morgan fingerprint density at radius 1 is 1.29 bits per heavy atom. The van der Waals surface area contributed by atoms with Gasteiger partial charge in [0.05, 0.1) is 12.7 Å². The first-order chi connectivity index (χ1) is 8.15. The van der Waals surface area contributed by atoms with Crippen molar-refractivity contribution in [3.63, 3.8) is 0 Å². The summed E-state index contributed by atoms with van der Waals surface area (Å²) in [5.41, 5.74) is 0. The summed E-state index contributed by atoms with van der Waals surface area (Å²) in [5, 5.41) is 3.63. The van der Waals surface area contributed by atoms with Gasteiger partial charge < -0.3 is 10.1 Å². The van der Waals surface area contributed by atoms with Crippen LogP contribution in [0.5, 0.6) is 0 Å². The summed E-state index contributed by atoms with van der Waals surface area (Å²) in [5.74, 6) is 1.01. The first-order valence-electron chi connectivity index (χ1n) is 7.24. The zero-order valence-corrected chi connectivity index (χ0v) is 11.6. The third-order valence-corrected chi connectivity index (χ3v) is 3.98. The van der Waals surface area contributed by atoms with Gasteiger partial charge >= 0.3 is 0 Å². The topological polar surface area (TPSA) is 24.5 Å². The second-order valence-corrected chi connectivity index (χ2v) is 6.07. The summed E-state index contributed by atoms with van der Waals surface area (Å²) >= 11 is 0. The molecular formula is C14H28N2O. The van der Waals surface area contributed by atoms with E-state index in [0.717, 1.165) is 32.2 Å². The molecule has 1 N–H and O–H groups in total. The quantitative estimate of drug-likeness (QED) is 0.767. The number of nitrogens with one attached hydrogen (secondary N) is 1. The molecule has 100 valence electrons. The highest BCUT2D eigenvalue weighted by Crippen LogP contribution is 2.33. The Morgan fingerprint density at radius 2 is 2.06 bits per heavy atom. The van der Waals surface area contributed by atoms with Crippen LogP contribution in [0.25, 0.3) is 0 Å². The maximum Gasteiger partial charge on any atom is 0.0826 e. The molecule has 2 fully saturated rings. The molecule has 0 aromatic carbocycles. The van der Waals surface area contributed by atoms with Crippen molar-refractivity contribution in [1.29, 1.82) is 0 Å². The molecule has 0 aromatic heterocycles. The molecule has 0 aromatic rings. The van der Waals surface area contributed by atoms with E-state index in [1.165, 1.54) is 19.3 Å². The van der Waals surface area contributed by atoms with Gasteiger partial charge in [0.1, 0.15) is 0 Å². The van der Waals surface area contributed by atoms with Crippen molar-refractivity contribution < 1.29 is 4.74 Å². The molecule has 1 heterocycles. The summed E-state index contributed by atoms with van der Waals surface area (Å²) < 4.78 is 5.83. The van der Waals surface area contributed by atoms with Crippen molar-refractivity contribution >= 4 is 0 Å². The molecule has 2 unspecified atom stereocenters. The molecule has 3 nitrogen and oxygen atoms in total. The summed E-state index contributed by atoms with van der Waals surface area (Å²) in [4.78, 5) is 2.52. The number of rotatable bonds is 6. The fourth-order valence-corrected chi connectivity index (χ4v) is 2.60. The van der Waals surface area contributed by atoms with Crippen molar-refractivity contribution in [3.8, 4) is 0 Å². The normalized spacial score (nSPS) is 28.6. The fraction of sp³-hybridized carbons (Fsp3) is 1.00. The Hall–Kier alpha value is -0.120. The zero-order chi connectivity index (χ0) is 12.3. The van der Waals surface area contributed by atoms with Crippen LogP contribution < -0.4 is 5.32 Å². The first kappa shape index (κ1) is 13.3. The fourth-order valence-electron chi connectivity index (χ4n) is 2.60. The molecule has 0 bridgehead atoms. The molecule has 1 aliphatic carbocycles. The molecule has 1 saturated heterocycles. The highest BCUT2D eigenvalue weighted by Gasteiger charge is 2.25. The minimum atomic E-state index is 0.382. The Morgan fingerprint density at radius 3 is 2.71 bits per heavy atom. The van der Waals surface area contributed by atoms with E-state index in [1.54, 1.807) is 0 Å². The van der Waals surface area contributed by atoms with Gasteiger partial charge in [-0.05, 0) is 33.1 Å². The van der Waals surface area contributed by atoms with Crippen molar-refractivity contribution in [2.45, 2.75) is 58.2 Å². The van der Waals surface area contributed by atoms with Gasteiger partial charge in [0.25, 0.3) is 0 Å². The molecule has 2 aliphatic rings. The molecule has 2 atom stereocenters. The molecule has 1 aliphatic heterocycles. The number of hydrogen-bond donors (Lipinski definition) is 1. The lowest BCUT2D eigenvalue weighted by molar-refractivity contribution is -0.0380. The number of hydrogen-bond acceptors (Lipinski definition) is 3. The van der Waals surface area contributed by atoms with Gasteiger partial charge in [0.2, 0.25) is 0 Å². The van der Waals surface area contributed by atoms with Crippen LogP contribution in [0.3, 0.4) is 0 Å². The molecular weight excluding hydrogens is 212 g/mol. The van der Waals surface area contributed by atoms with E-state index < -0.39 is 0 Å². The monoisotopic (exact) mass is 240 g/mol. The molecule has 0 radical (unpaired) electrons. The van der Waals surface area contributed by atoms with Gasteiger partial charge in [-0.15, -0.1) is 0 Å². The number of morpholine rings is 1. The summed E-state index contributed by atoms with van der Waals surface area (Å²) in [6.45, 7) is 10.9. The van der Waals surface area contributed by atoms with Crippen molar-refractivity contribution in [2.24, 2.45) is 5.92 Å². The standard InChI is InChI=1S/C14H28N2O/c1-11(2)16-6-7-17-14(10-16)9-15-12(3)8-13-4-5-13/h11-15H,4-10H2,1-3H3. The van der Waals surface area contributed by atoms with E-state index in [0.29, 0.717) is 18.2 Å². The van der Waals surface area contributed by atoms with E-state index in [4.69, 9.17) is 4.74 Å². The van der Waals surface area contributed by atoms with Gasteiger partial charge in [0.15, 0.2) is 0 Å². The minimum Gasteiger partial charge on any atom is -0.374 e. The Balaban J connectivity index is 1.63. The SMILES string of the molecule is CC(CC1CC1)NCC1CN(C(C)C)CCO1. The van der Waals surface area contributed by atoms with Crippen LogP contribution >= 0.6 is 0 Å². The molecule has 2 rings (SSSR count). The minimum absolute atomic E-state index is 0.382. The Kier molecular flexibility index (Phi) is 4.83. The van der Waals surface area contributed by atoms with Crippen LogP contribution in [0.15, 0.2) is 0 Å². The van der Waals surface area contributed by atoms with Gasteiger partial charge in [-0.3, -0.25) is 4.90 Å². The smallest absolute Gasteiger partial charge is 0.0826 e. The second-order valence-electron chi connectivity index (χ2n) is 6.07. The number of nitrogens with zero attached hydrogens (tertiary/aromatic N) is 1. The van der Waals surface area contributed by atoms with E-state index >= 15 is 0 Å². The first-order valence-corrected chi connectivity index (χ1v) is 7.24. The second kappa shape index (κ2) is 6.17. The maximum absolute atomic E-state index is 5.83. The van der Waals surface area contributed by atoms with E-state index in [1.807, 2.05) is 0 Å². The predicted octanol–water partition coefficient (Wildman–Crippen LogP) is 1.87. The third-order valence-electron chi connectivity index (χ3n) is 3.98. The van der Waals surface area contributed by atoms with Crippen LogP contribution in [0.1, 0.15) is 40.0 Å². The molecule has 0 amide bonds. The summed E-state index contributed by atoms with van der Waals surface area (Å²) in [7, 11) is 0. The highest BCUT2D eigenvalue weighted by atomic mass is 16.5. The third kappa shape index (κ3) is 4.57. The average molecular weight is 240 g/mol. The van der Waals surface area contributed by atoms with Gasteiger partial charge in [-0.2, -0.15) is 0 Å². The van der Waals surface area contributed by atoms with Crippen LogP contribution in [0, 0.1) is 5.92 Å². The molecule has 0 spiro atoms. The van der Waals surface area contributed by atoms with Gasteiger partial charge in [0, 0.05) is 31.7 Å². The van der Waals surface area contributed by atoms with Crippen molar-refractivity contribution in [2.75, 3.05) is 26.2 Å². The lowest BCUT2D eigenvalue weighted by Crippen LogP contribution is -2.50. The van der Waals surface area contributed by atoms with Crippen LogP contribution in [-0.2, 0) is 4.74 Å². The van der Waals surface area contributed by atoms with Crippen molar-refractivity contribution in [3.05, 3.63) is 0 Å². The van der Waals surface area contributed by atoms with Gasteiger partial charge in [-0.25, -0.2) is 0 Å². The Labute approximate surface area is 106 Å². The van der Waals surface area contributed by atoms with Crippen LogP contribution in [0.4, 0.5) is 0 Å². The lowest BCUT2D eigenvalue weighted by Gasteiger charge is -2.36. The maximum atomic E-state index is 5.83. The van der Waals surface area contributed by atoms with E-state index in [9.17, 15) is 0 Å². The molecule has 17 heavy (non-hydrogen) atoms. The highest BCUT2D eigenvalue weighted by molar-refractivity contribution is 4.80. The lowest BCUT2D eigenvalue weighted by atomic mass is 10.1. The zero-order valence-electron chi connectivity index (χ0n) is 11.6. The predicted molar refractivity (Wildman–Crippen MR) is 71.3 cm³/mol. The molecule has 3 heteroatoms. The van der Waals surface area contributed by atoms with Gasteiger partial charge in [-0.1, -0.05) is 12.8 Å². The van der Waals surface area contributed by atoms with Crippen LogP contribution in [0.2, 0.25) is 0 Å². The summed E-state index contributed by atoms with van der Waals surface area (Å²) in [6.07, 6.45) is 4.63. The largest absolute Gasteiger partial charge is 0.374 e. The molecule has 1 saturated carbocycles. The van der Waals surface area contributed by atoms with Crippen LogP contribution in [-0.4, -0.2) is 49.3 Å².